The van der Waals surface area contributed by atoms with Crippen LogP contribution in [0.15, 0.2) is 96.6 Å². The Morgan fingerprint density at radius 1 is 1.13 bits per heavy atom. The molecule has 5 heteroatoms. The summed E-state index contributed by atoms with van der Waals surface area (Å²) in [6.45, 7) is 19.0. The summed E-state index contributed by atoms with van der Waals surface area (Å²) in [6, 6.07) is 13.0. The third kappa shape index (κ3) is 5.20. The largest absolute Gasteiger partial charge is 0.359 e. The van der Waals surface area contributed by atoms with Gasteiger partial charge in [-0.05, 0) is 79.3 Å². The number of hydrogen-bond donors (Lipinski definition) is 2. The summed E-state index contributed by atoms with van der Waals surface area (Å²) in [5.41, 5.74) is 8.48. The van der Waals surface area contributed by atoms with Crippen LogP contribution in [0, 0.1) is 12.3 Å². The summed E-state index contributed by atoms with van der Waals surface area (Å²) >= 11 is 1.79. The fourth-order valence-electron chi connectivity index (χ4n) is 4.83. The van der Waals surface area contributed by atoms with Crippen LogP contribution >= 0.6 is 11.3 Å². The van der Waals surface area contributed by atoms with E-state index in [1.807, 2.05) is 18.5 Å². The molecule has 1 aliphatic heterocycles. The summed E-state index contributed by atoms with van der Waals surface area (Å²) in [4.78, 5) is 15.4. The van der Waals surface area contributed by atoms with Crippen molar-refractivity contribution < 1.29 is 0 Å². The summed E-state index contributed by atoms with van der Waals surface area (Å²) in [5, 5.41) is 6.76. The van der Waals surface area contributed by atoms with E-state index in [9.17, 15) is 0 Å². The molecule has 0 fully saturated rings. The second-order valence-electron chi connectivity index (χ2n) is 10.9. The highest BCUT2D eigenvalue weighted by Gasteiger charge is 2.17. The lowest BCUT2D eigenvalue weighted by atomic mass is 9.91. The van der Waals surface area contributed by atoms with Crippen LogP contribution in [0.25, 0.3) is 32.6 Å². The number of pyridine rings is 1. The Morgan fingerprint density at radius 2 is 1.95 bits per heavy atom. The lowest BCUT2D eigenvalue weighted by molar-refractivity contribution is 0.403. The SMILES string of the molecule is C=C/C(=C\C(=C/C)c1ccc2c(c1)=C(c1cc3c(-c4ccc(C)s4)cncc3[nH]1)N=2)NC(=C)CC(C)(C)C. The van der Waals surface area contributed by atoms with E-state index in [-0.39, 0.29) is 5.41 Å². The van der Waals surface area contributed by atoms with Gasteiger partial charge in [0.05, 0.1) is 28.5 Å². The van der Waals surface area contributed by atoms with Gasteiger partial charge in [0.25, 0.3) is 0 Å². The summed E-state index contributed by atoms with van der Waals surface area (Å²) in [7, 11) is 0. The first kappa shape index (κ1) is 25.7. The predicted octanol–water partition coefficient (Wildman–Crippen LogP) is 7.40. The Morgan fingerprint density at radius 3 is 2.63 bits per heavy atom. The number of H-pyrrole nitrogens is 1. The average Bonchev–Trinajstić information content (AvgIpc) is 3.47. The molecule has 5 rings (SSSR count). The molecular weight excluding hydrogens is 484 g/mol. The van der Waals surface area contributed by atoms with Gasteiger partial charge in [0.2, 0.25) is 0 Å². The van der Waals surface area contributed by atoms with Gasteiger partial charge in [0.1, 0.15) is 0 Å². The molecule has 0 radical (unpaired) electrons. The Balaban J connectivity index is 1.49. The first-order valence-electron chi connectivity index (χ1n) is 12.9. The zero-order valence-electron chi connectivity index (χ0n) is 22.8. The van der Waals surface area contributed by atoms with Gasteiger partial charge in [0, 0.05) is 43.5 Å². The highest BCUT2D eigenvalue weighted by atomic mass is 32.1. The molecule has 0 amide bonds. The smallest absolute Gasteiger partial charge is 0.0966 e. The van der Waals surface area contributed by atoms with Gasteiger partial charge < -0.3 is 10.3 Å². The molecule has 0 aliphatic carbocycles. The number of rotatable bonds is 8. The van der Waals surface area contributed by atoms with E-state index in [1.54, 1.807) is 11.3 Å². The van der Waals surface area contributed by atoms with Gasteiger partial charge in [-0.1, -0.05) is 46.1 Å². The van der Waals surface area contributed by atoms with E-state index in [1.165, 1.54) is 15.1 Å². The number of fused-ring (bicyclic) bond motifs is 2. The molecule has 1 aromatic carbocycles. The maximum absolute atomic E-state index is 4.83. The number of thiophene rings is 1. The second kappa shape index (κ2) is 10.1. The lowest BCUT2D eigenvalue weighted by Gasteiger charge is -2.21. The number of nitrogens with one attached hydrogen (secondary N) is 2. The third-order valence-corrected chi connectivity index (χ3v) is 7.56. The van der Waals surface area contributed by atoms with Crippen molar-refractivity contribution in [1.82, 2.24) is 15.3 Å². The van der Waals surface area contributed by atoms with Crippen LogP contribution in [0.2, 0.25) is 0 Å². The van der Waals surface area contributed by atoms with Crippen LogP contribution in [0.4, 0.5) is 0 Å². The van der Waals surface area contributed by atoms with Gasteiger partial charge in [-0.2, -0.15) is 0 Å². The van der Waals surface area contributed by atoms with Gasteiger partial charge in [0.15, 0.2) is 0 Å². The summed E-state index contributed by atoms with van der Waals surface area (Å²) in [6.07, 6.45) is 10.8. The van der Waals surface area contributed by atoms with Crippen molar-refractivity contribution in [3.05, 3.63) is 118 Å². The number of benzene rings is 1. The van der Waals surface area contributed by atoms with E-state index in [0.717, 1.165) is 62.0 Å². The van der Waals surface area contributed by atoms with Crippen molar-refractivity contribution in [1.29, 1.82) is 0 Å². The minimum atomic E-state index is 0.166. The average molecular weight is 519 g/mol. The number of aromatic amines is 1. The van der Waals surface area contributed by atoms with E-state index in [2.05, 4.69) is 112 Å². The number of hydrogen-bond acceptors (Lipinski definition) is 4. The standard InChI is InChI=1S/C33H34N4S/c1-8-22(14-24(9-2)35-20(3)17-33(5,6)7)23-11-12-28-26(15-23)32(37-28)29-16-25-27(18-34-19-30(25)36-29)31-13-10-21(4)38-31/h8-16,18-19,35-36H,2-3,17H2,1,4-7H3/b22-8+,24-14+. The van der Waals surface area contributed by atoms with E-state index >= 15 is 0 Å². The topological polar surface area (TPSA) is 53.1 Å². The van der Waals surface area contributed by atoms with Gasteiger partial charge >= 0.3 is 0 Å². The maximum atomic E-state index is 4.83. The molecular formula is C33H34N4S. The fourth-order valence-corrected chi connectivity index (χ4v) is 5.72. The van der Waals surface area contributed by atoms with E-state index < -0.39 is 0 Å². The molecule has 0 unspecified atom stereocenters. The molecule has 38 heavy (non-hydrogen) atoms. The molecule has 3 aromatic heterocycles. The molecule has 192 valence electrons. The normalized spacial score (nSPS) is 13.7. The monoisotopic (exact) mass is 518 g/mol. The highest BCUT2D eigenvalue weighted by molar-refractivity contribution is 7.15. The van der Waals surface area contributed by atoms with E-state index in [0.29, 0.717) is 0 Å². The van der Waals surface area contributed by atoms with Gasteiger partial charge in [-0.25, -0.2) is 4.99 Å². The molecule has 4 nitrogen and oxygen atoms in total. The van der Waals surface area contributed by atoms with Crippen LogP contribution in [0.1, 0.15) is 50.3 Å². The summed E-state index contributed by atoms with van der Waals surface area (Å²) < 4.78 is 0. The Hall–Kier alpha value is -3.96. The second-order valence-corrected chi connectivity index (χ2v) is 12.2. The minimum absolute atomic E-state index is 0.166. The highest BCUT2D eigenvalue weighted by Crippen LogP contribution is 2.34. The molecule has 4 heterocycles. The molecule has 2 N–H and O–H groups in total. The number of aryl methyl sites for hydroxylation is 1. The molecule has 0 saturated heterocycles. The van der Waals surface area contributed by atoms with Crippen LogP contribution in [0.3, 0.4) is 0 Å². The number of aromatic nitrogens is 2. The Bertz CT molecular complexity index is 1750. The minimum Gasteiger partial charge on any atom is -0.359 e. The molecule has 0 atom stereocenters. The van der Waals surface area contributed by atoms with Crippen molar-refractivity contribution in [2.24, 2.45) is 10.4 Å². The first-order chi connectivity index (χ1) is 18.1. The molecule has 0 saturated carbocycles. The van der Waals surface area contributed by atoms with Crippen molar-refractivity contribution in [3.8, 4) is 10.4 Å². The number of allylic oxidation sites excluding steroid dienone is 5. The first-order valence-corrected chi connectivity index (χ1v) is 13.7. The van der Waals surface area contributed by atoms with Crippen LogP contribution < -0.4 is 15.9 Å². The zero-order chi connectivity index (χ0) is 27.0. The van der Waals surface area contributed by atoms with Crippen LogP contribution in [-0.4, -0.2) is 9.97 Å². The van der Waals surface area contributed by atoms with Crippen LogP contribution in [0.5, 0.6) is 0 Å². The van der Waals surface area contributed by atoms with Crippen molar-refractivity contribution in [3.63, 3.8) is 0 Å². The fraction of sp³-hybridized carbons (Fsp3) is 0.212. The zero-order valence-corrected chi connectivity index (χ0v) is 23.6. The van der Waals surface area contributed by atoms with Crippen molar-refractivity contribution in [2.75, 3.05) is 0 Å². The maximum Gasteiger partial charge on any atom is 0.0966 e. The molecule has 0 spiro atoms. The van der Waals surface area contributed by atoms with Crippen LogP contribution in [-0.2, 0) is 0 Å². The lowest BCUT2D eigenvalue weighted by Crippen LogP contribution is -2.35. The number of nitrogens with zero attached hydrogens (tertiary/aromatic N) is 2. The van der Waals surface area contributed by atoms with Crippen molar-refractivity contribution in [2.45, 2.75) is 41.0 Å². The Kier molecular flexibility index (Phi) is 6.80. The summed E-state index contributed by atoms with van der Waals surface area (Å²) in [5.74, 6) is 0. The van der Waals surface area contributed by atoms with Crippen molar-refractivity contribution >= 4 is 33.5 Å². The molecule has 1 aliphatic rings. The predicted molar refractivity (Wildman–Crippen MR) is 162 cm³/mol. The van der Waals surface area contributed by atoms with Gasteiger partial charge in [-0.3, -0.25) is 4.98 Å². The van der Waals surface area contributed by atoms with E-state index in [4.69, 9.17) is 4.99 Å². The van der Waals surface area contributed by atoms with Gasteiger partial charge in [-0.15, -0.1) is 11.3 Å². The molecule has 4 aromatic rings. The quantitative estimate of drug-likeness (QED) is 0.239. The third-order valence-electron chi connectivity index (χ3n) is 6.53. The Labute approximate surface area is 228 Å². The molecule has 0 bridgehead atoms.